The van der Waals surface area contributed by atoms with Gasteiger partial charge in [0.1, 0.15) is 0 Å². The first-order valence-electron chi connectivity index (χ1n) is 5.51. The van der Waals surface area contributed by atoms with Crippen LogP contribution < -0.4 is 4.84 Å². The van der Waals surface area contributed by atoms with E-state index in [1.54, 1.807) is 25.1 Å². The Labute approximate surface area is 105 Å². The van der Waals surface area contributed by atoms with Crippen molar-refractivity contribution in [2.75, 3.05) is 6.61 Å². The lowest BCUT2D eigenvalue weighted by molar-refractivity contribution is 0.0526. The summed E-state index contributed by atoms with van der Waals surface area (Å²) in [5.41, 5.74) is 2.37. The molecule has 0 heterocycles. The van der Waals surface area contributed by atoms with Gasteiger partial charge in [0.05, 0.1) is 24.3 Å². The summed E-state index contributed by atoms with van der Waals surface area (Å²) in [6, 6.07) is 4.97. The number of carbonyl (C=O) groups is 1. The van der Waals surface area contributed by atoms with Crippen molar-refractivity contribution < 1.29 is 14.6 Å². The molecule has 0 aromatic heterocycles. The van der Waals surface area contributed by atoms with Crippen molar-refractivity contribution in [2.45, 2.75) is 25.5 Å². The molecular formula is C12H14ClNO3. The minimum absolute atomic E-state index is 0.275. The largest absolute Gasteiger partial charge is 0.462 e. The van der Waals surface area contributed by atoms with Crippen LogP contribution in [0, 0.1) is 0 Å². The number of esters is 1. The molecule has 17 heavy (non-hydrogen) atoms. The van der Waals surface area contributed by atoms with Crippen LogP contribution in [0.5, 0.6) is 0 Å². The third-order valence-corrected chi connectivity index (χ3v) is 3.16. The van der Waals surface area contributed by atoms with Crippen molar-refractivity contribution in [3.05, 3.63) is 34.9 Å². The zero-order valence-electron chi connectivity index (χ0n) is 9.44. The van der Waals surface area contributed by atoms with E-state index < -0.39 is 6.10 Å². The highest BCUT2D eigenvalue weighted by Gasteiger charge is 2.31. The van der Waals surface area contributed by atoms with E-state index in [2.05, 4.69) is 4.84 Å². The number of nitrogens with one attached hydrogen (secondary N) is 1. The molecule has 4 nitrogen and oxygen atoms in total. The Kier molecular flexibility index (Phi) is 3.66. The fraction of sp³-hybridized carbons (Fsp3) is 0.417. The van der Waals surface area contributed by atoms with Crippen molar-refractivity contribution in [1.82, 2.24) is 4.84 Å². The van der Waals surface area contributed by atoms with Crippen molar-refractivity contribution in [2.24, 2.45) is 0 Å². The summed E-state index contributed by atoms with van der Waals surface area (Å²) in [5, 5.41) is 9.78. The van der Waals surface area contributed by atoms with Crippen LogP contribution in [-0.4, -0.2) is 23.8 Å². The lowest BCUT2D eigenvalue weighted by Crippen LogP contribution is -2.21. The molecule has 0 saturated carbocycles. The number of rotatable bonds is 3. The van der Waals surface area contributed by atoms with E-state index in [0.717, 1.165) is 11.1 Å². The van der Waals surface area contributed by atoms with E-state index in [0.29, 0.717) is 18.6 Å². The van der Waals surface area contributed by atoms with E-state index in [1.165, 1.54) is 0 Å². The predicted molar refractivity (Wildman–Crippen MR) is 63.8 cm³/mol. The maximum Gasteiger partial charge on any atom is 0.338 e. The molecular weight excluding hydrogens is 242 g/mol. The molecule has 2 N–H and O–H groups in total. The molecule has 0 aliphatic heterocycles. The molecule has 0 amide bonds. The van der Waals surface area contributed by atoms with Gasteiger partial charge >= 0.3 is 5.97 Å². The number of aliphatic hydroxyl groups is 1. The summed E-state index contributed by atoms with van der Waals surface area (Å²) in [6.07, 6.45) is -0.0626. The van der Waals surface area contributed by atoms with Crippen LogP contribution in [0.1, 0.15) is 34.5 Å². The van der Waals surface area contributed by atoms with Gasteiger partial charge in [-0.1, -0.05) is 6.07 Å². The summed E-state index contributed by atoms with van der Waals surface area (Å²) in [7, 11) is 0. The maximum absolute atomic E-state index is 11.6. The number of fused-ring (bicyclic) bond motifs is 1. The first-order valence-corrected chi connectivity index (χ1v) is 5.89. The third-order valence-electron chi connectivity index (χ3n) is 2.92. The van der Waals surface area contributed by atoms with Crippen LogP contribution in [0.3, 0.4) is 0 Å². The van der Waals surface area contributed by atoms with Crippen LogP contribution in [0.15, 0.2) is 18.2 Å². The van der Waals surface area contributed by atoms with Gasteiger partial charge in [0.15, 0.2) is 0 Å². The molecule has 0 fully saturated rings. The number of carbonyl (C=O) groups excluding carboxylic acids is 1. The Morgan fingerprint density at radius 1 is 1.65 bits per heavy atom. The number of halogens is 1. The molecule has 92 valence electrons. The maximum atomic E-state index is 11.6. The fourth-order valence-electron chi connectivity index (χ4n) is 2.11. The summed E-state index contributed by atoms with van der Waals surface area (Å²) in [6.45, 7) is 2.12. The molecule has 1 aliphatic carbocycles. The van der Waals surface area contributed by atoms with Crippen molar-refractivity contribution in [3.8, 4) is 0 Å². The van der Waals surface area contributed by atoms with Crippen molar-refractivity contribution >= 4 is 17.7 Å². The highest BCUT2D eigenvalue weighted by molar-refractivity contribution is 6.13. The van der Waals surface area contributed by atoms with Gasteiger partial charge in [-0.25, -0.2) is 9.63 Å². The monoisotopic (exact) mass is 255 g/mol. The Morgan fingerprint density at radius 3 is 3.06 bits per heavy atom. The summed E-state index contributed by atoms with van der Waals surface area (Å²) >= 11 is 5.58. The average Bonchev–Trinajstić information content (AvgIpc) is 2.63. The molecule has 2 rings (SSSR count). The minimum atomic E-state index is -0.556. The standard InChI is InChI=1S/C12H14ClNO3/c1-2-17-12(16)7-3-4-9-8(5-7)6-10(15)11(9)14-13/h3-5,10-11,14-15H,2,6H2,1H3/t10-,11-/m1/s1. The Hall–Kier alpha value is -1.10. The van der Waals surface area contributed by atoms with Crippen LogP contribution in [0.2, 0.25) is 0 Å². The smallest absolute Gasteiger partial charge is 0.338 e. The van der Waals surface area contributed by atoms with Gasteiger partial charge in [-0.2, -0.15) is 0 Å². The van der Waals surface area contributed by atoms with E-state index in [-0.39, 0.29) is 12.0 Å². The summed E-state index contributed by atoms with van der Waals surface area (Å²) < 4.78 is 4.92. The van der Waals surface area contributed by atoms with Crippen molar-refractivity contribution in [1.29, 1.82) is 0 Å². The van der Waals surface area contributed by atoms with Crippen LogP contribution in [0.25, 0.3) is 0 Å². The molecule has 0 spiro atoms. The first-order chi connectivity index (χ1) is 8.17. The summed E-state index contributed by atoms with van der Waals surface area (Å²) in [4.78, 5) is 14.1. The number of ether oxygens (including phenoxy) is 1. The lowest BCUT2D eigenvalue weighted by Gasteiger charge is -2.12. The molecule has 1 aromatic carbocycles. The quantitative estimate of drug-likeness (QED) is 0.636. The van der Waals surface area contributed by atoms with Gasteiger partial charge in [0.2, 0.25) is 0 Å². The average molecular weight is 256 g/mol. The summed E-state index contributed by atoms with van der Waals surface area (Å²) in [5.74, 6) is -0.341. The highest BCUT2D eigenvalue weighted by atomic mass is 35.5. The second kappa shape index (κ2) is 5.04. The molecule has 2 atom stereocenters. The Morgan fingerprint density at radius 2 is 2.41 bits per heavy atom. The van der Waals surface area contributed by atoms with Crippen LogP contribution in [0.4, 0.5) is 0 Å². The van der Waals surface area contributed by atoms with E-state index in [1.807, 2.05) is 0 Å². The highest BCUT2D eigenvalue weighted by Crippen LogP contribution is 2.32. The van der Waals surface area contributed by atoms with Gasteiger partial charge in [-0.15, -0.1) is 0 Å². The second-order valence-electron chi connectivity index (χ2n) is 3.99. The molecule has 0 unspecified atom stereocenters. The Balaban J connectivity index is 2.28. The molecule has 0 bridgehead atoms. The number of aliphatic hydroxyl groups excluding tert-OH is 1. The minimum Gasteiger partial charge on any atom is -0.462 e. The number of hydrogen-bond donors (Lipinski definition) is 2. The van der Waals surface area contributed by atoms with E-state index >= 15 is 0 Å². The third kappa shape index (κ3) is 2.29. The second-order valence-corrected chi connectivity index (χ2v) is 4.21. The van der Waals surface area contributed by atoms with Gasteiger partial charge in [-0.3, -0.25) is 0 Å². The van der Waals surface area contributed by atoms with Gasteiger partial charge in [0.25, 0.3) is 0 Å². The van der Waals surface area contributed by atoms with E-state index in [9.17, 15) is 9.90 Å². The SMILES string of the molecule is CCOC(=O)c1ccc2c(c1)C[C@@H](O)[C@@H]2NCl. The zero-order chi connectivity index (χ0) is 12.4. The molecule has 1 aliphatic rings. The number of benzene rings is 1. The van der Waals surface area contributed by atoms with Crippen LogP contribution >= 0.6 is 11.8 Å². The predicted octanol–water partition coefficient (Wildman–Crippen LogP) is 1.56. The lowest BCUT2D eigenvalue weighted by atomic mass is 10.1. The molecule has 1 aromatic rings. The van der Waals surface area contributed by atoms with Gasteiger partial charge in [-0.05, 0) is 42.0 Å². The normalized spacial score (nSPS) is 22.3. The fourth-order valence-corrected chi connectivity index (χ4v) is 2.37. The first kappa shape index (κ1) is 12.4. The Bertz CT molecular complexity index is 436. The zero-order valence-corrected chi connectivity index (χ0v) is 10.2. The number of hydrogen-bond acceptors (Lipinski definition) is 4. The van der Waals surface area contributed by atoms with Gasteiger partial charge in [0, 0.05) is 6.42 Å². The van der Waals surface area contributed by atoms with Crippen LogP contribution in [-0.2, 0) is 11.2 Å². The molecule has 0 radical (unpaired) electrons. The van der Waals surface area contributed by atoms with Gasteiger partial charge < -0.3 is 9.84 Å². The van der Waals surface area contributed by atoms with E-state index in [4.69, 9.17) is 16.5 Å². The van der Waals surface area contributed by atoms with Crippen molar-refractivity contribution in [3.63, 3.8) is 0 Å². The topological polar surface area (TPSA) is 58.6 Å². The molecule has 5 heteroatoms. The molecule has 0 saturated heterocycles.